The highest BCUT2D eigenvalue weighted by molar-refractivity contribution is 7.13. The predicted octanol–water partition coefficient (Wildman–Crippen LogP) is 2.45. The predicted molar refractivity (Wildman–Crippen MR) is 90.5 cm³/mol. The summed E-state index contributed by atoms with van der Waals surface area (Å²) in [5, 5.41) is 3.68. The summed E-state index contributed by atoms with van der Waals surface area (Å²) < 4.78 is 5.80. The zero-order valence-electron chi connectivity index (χ0n) is 12.4. The number of benzene rings is 1. The van der Waals surface area contributed by atoms with E-state index in [9.17, 15) is 4.79 Å². The molecule has 7 heteroatoms. The van der Waals surface area contributed by atoms with Gasteiger partial charge in [0.15, 0.2) is 11.2 Å². The van der Waals surface area contributed by atoms with Crippen LogP contribution in [0.15, 0.2) is 29.8 Å². The van der Waals surface area contributed by atoms with Crippen molar-refractivity contribution < 1.29 is 9.53 Å². The van der Waals surface area contributed by atoms with E-state index >= 15 is 0 Å². The Labute approximate surface area is 143 Å². The van der Waals surface area contributed by atoms with Crippen molar-refractivity contribution in [3.05, 3.63) is 40.4 Å². The number of hydrogen-bond donors (Lipinski definition) is 0. The monoisotopic (exact) mass is 349 g/mol. The Balaban J connectivity index is 1.38. The van der Waals surface area contributed by atoms with Gasteiger partial charge < -0.3 is 14.5 Å². The van der Waals surface area contributed by atoms with Crippen LogP contribution in [0.2, 0.25) is 5.02 Å². The molecule has 0 saturated carbocycles. The maximum atomic E-state index is 12.7. The van der Waals surface area contributed by atoms with Crippen molar-refractivity contribution in [3.8, 4) is 5.75 Å². The minimum atomic E-state index is -0.421. The number of aromatic nitrogens is 1. The molecule has 4 rings (SSSR count). The summed E-state index contributed by atoms with van der Waals surface area (Å²) in [5.41, 5.74) is 1.01. The summed E-state index contributed by atoms with van der Waals surface area (Å²) in [6, 6.07) is 5.51. The molecule has 0 N–H and O–H groups in total. The average Bonchev–Trinajstić information content (AvgIpc) is 3.23. The van der Waals surface area contributed by atoms with Crippen LogP contribution in [0.4, 0.5) is 5.13 Å². The van der Waals surface area contributed by atoms with Gasteiger partial charge in [-0.25, -0.2) is 4.98 Å². The zero-order chi connectivity index (χ0) is 15.8. The lowest BCUT2D eigenvalue weighted by Crippen LogP contribution is -2.52. The van der Waals surface area contributed by atoms with E-state index in [2.05, 4.69) is 9.88 Å². The molecule has 1 fully saturated rings. The first-order valence-corrected chi connectivity index (χ1v) is 8.85. The first-order chi connectivity index (χ1) is 11.2. The van der Waals surface area contributed by atoms with Crippen molar-refractivity contribution in [2.75, 3.05) is 31.1 Å². The molecule has 0 bridgehead atoms. The van der Waals surface area contributed by atoms with E-state index in [1.165, 1.54) is 0 Å². The Morgan fingerprint density at radius 1 is 1.30 bits per heavy atom. The fourth-order valence-corrected chi connectivity index (χ4v) is 3.94. The van der Waals surface area contributed by atoms with E-state index in [-0.39, 0.29) is 5.91 Å². The topological polar surface area (TPSA) is 45.7 Å². The molecule has 3 heterocycles. The van der Waals surface area contributed by atoms with Crippen LogP contribution in [-0.2, 0) is 11.2 Å². The molecule has 1 atom stereocenters. The molecule has 1 saturated heterocycles. The van der Waals surface area contributed by atoms with E-state index in [0.717, 1.165) is 29.5 Å². The van der Waals surface area contributed by atoms with Crippen LogP contribution < -0.4 is 9.64 Å². The minimum Gasteiger partial charge on any atom is -0.480 e. The third-order valence-electron chi connectivity index (χ3n) is 4.25. The number of halogens is 1. The van der Waals surface area contributed by atoms with Gasteiger partial charge in [0.05, 0.1) is 0 Å². The summed E-state index contributed by atoms with van der Waals surface area (Å²) in [6.45, 7) is 3.03. The lowest BCUT2D eigenvalue weighted by atomic mass is 10.1. The molecule has 0 aliphatic carbocycles. The number of hydrogen-bond acceptors (Lipinski definition) is 5. The van der Waals surface area contributed by atoms with Gasteiger partial charge in [0.2, 0.25) is 0 Å². The van der Waals surface area contributed by atoms with Crippen molar-refractivity contribution in [2.45, 2.75) is 12.5 Å². The molecule has 23 heavy (non-hydrogen) atoms. The van der Waals surface area contributed by atoms with Gasteiger partial charge >= 0.3 is 0 Å². The Morgan fingerprint density at radius 2 is 2.13 bits per heavy atom. The Morgan fingerprint density at radius 3 is 2.87 bits per heavy atom. The summed E-state index contributed by atoms with van der Waals surface area (Å²) >= 11 is 7.63. The number of rotatable bonds is 2. The van der Waals surface area contributed by atoms with Crippen molar-refractivity contribution >= 4 is 34.0 Å². The number of carbonyl (C=O) groups is 1. The van der Waals surface area contributed by atoms with Gasteiger partial charge in [-0.3, -0.25) is 4.79 Å². The molecule has 2 aliphatic heterocycles. The largest absolute Gasteiger partial charge is 0.480 e. The smallest absolute Gasteiger partial charge is 0.264 e. The van der Waals surface area contributed by atoms with E-state index in [4.69, 9.17) is 16.3 Å². The third-order valence-corrected chi connectivity index (χ3v) is 5.32. The maximum Gasteiger partial charge on any atom is 0.264 e. The third kappa shape index (κ3) is 2.88. The van der Waals surface area contributed by atoms with Crippen LogP contribution in [0.5, 0.6) is 5.75 Å². The van der Waals surface area contributed by atoms with Crippen LogP contribution in [0.3, 0.4) is 0 Å². The van der Waals surface area contributed by atoms with Crippen molar-refractivity contribution in [1.82, 2.24) is 9.88 Å². The fourth-order valence-electron chi connectivity index (χ4n) is 3.05. The quantitative estimate of drug-likeness (QED) is 0.835. The second-order valence-electron chi connectivity index (χ2n) is 5.69. The van der Waals surface area contributed by atoms with E-state index in [1.54, 1.807) is 17.4 Å². The lowest BCUT2D eigenvalue weighted by Gasteiger charge is -2.35. The Hall–Kier alpha value is -1.79. The number of anilines is 1. The summed E-state index contributed by atoms with van der Waals surface area (Å²) in [6.07, 6.45) is 1.99. The van der Waals surface area contributed by atoms with Gasteiger partial charge in [-0.1, -0.05) is 11.6 Å². The molecule has 0 spiro atoms. The second-order valence-corrected chi connectivity index (χ2v) is 7.00. The van der Waals surface area contributed by atoms with Crippen LogP contribution in [0.1, 0.15) is 5.56 Å². The minimum absolute atomic E-state index is 0.0658. The number of piperazine rings is 1. The molecule has 0 radical (unpaired) electrons. The Bertz CT molecular complexity index is 714. The molecule has 2 aromatic rings. The molecule has 1 aromatic heterocycles. The second kappa shape index (κ2) is 6.02. The zero-order valence-corrected chi connectivity index (χ0v) is 14.0. The normalized spacial score (nSPS) is 20.3. The number of nitrogens with zero attached hydrogens (tertiary/aromatic N) is 3. The summed E-state index contributed by atoms with van der Waals surface area (Å²) in [4.78, 5) is 21.1. The summed E-state index contributed by atoms with van der Waals surface area (Å²) in [5.74, 6) is 0.838. The van der Waals surface area contributed by atoms with Crippen molar-refractivity contribution in [1.29, 1.82) is 0 Å². The van der Waals surface area contributed by atoms with Gasteiger partial charge in [-0.05, 0) is 23.8 Å². The first-order valence-electron chi connectivity index (χ1n) is 7.59. The van der Waals surface area contributed by atoms with Gasteiger partial charge in [0, 0.05) is 49.2 Å². The highest BCUT2D eigenvalue weighted by atomic mass is 35.5. The standard InChI is InChI=1S/C16H16ClN3O2S/c17-12-1-2-13-11(9-12)10-14(22-13)15(21)19-4-6-20(7-5-19)16-18-3-8-23-16/h1-3,8-9,14H,4-7,10H2/t14-/m0/s1. The SMILES string of the molecule is O=C([C@@H]1Cc2cc(Cl)ccc2O1)N1CCN(c2nccs2)CC1. The lowest BCUT2D eigenvalue weighted by molar-refractivity contribution is -0.138. The molecule has 1 aromatic carbocycles. The number of amides is 1. The van der Waals surface area contributed by atoms with Gasteiger partial charge in [0.1, 0.15) is 5.75 Å². The molecule has 0 unspecified atom stereocenters. The molecule has 2 aliphatic rings. The molecule has 120 valence electrons. The number of carbonyl (C=O) groups excluding carboxylic acids is 1. The van der Waals surface area contributed by atoms with E-state index in [1.807, 2.05) is 28.6 Å². The summed E-state index contributed by atoms with van der Waals surface area (Å²) in [7, 11) is 0. The highest BCUT2D eigenvalue weighted by Crippen LogP contribution is 2.32. The van der Waals surface area contributed by atoms with Crippen LogP contribution in [0, 0.1) is 0 Å². The number of fused-ring (bicyclic) bond motifs is 1. The molecule has 5 nitrogen and oxygen atoms in total. The van der Waals surface area contributed by atoms with Crippen molar-refractivity contribution in [2.24, 2.45) is 0 Å². The van der Waals surface area contributed by atoms with Gasteiger partial charge in [-0.15, -0.1) is 11.3 Å². The number of thiazole rings is 1. The first kappa shape index (κ1) is 14.8. The van der Waals surface area contributed by atoms with E-state index in [0.29, 0.717) is 24.5 Å². The van der Waals surface area contributed by atoms with Crippen LogP contribution in [0.25, 0.3) is 0 Å². The maximum absolute atomic E-state index is 12.7. The van der Waals surface area contributed by atoms with Crippen molar-refractivity contribution in [3.63, 3.8) is 0 Å². The fraction of sp³-hybridized carbons (Fsp3) is 0.375. The van der Waals surface area contributed by atoms with E-state index < -0.39 is 6.10 Å². The Kier molecular flexibility index (Phi) is 3.87. The molecule has 1 amide bonds. The number of ether oxygens (including phenoxy) is 1. The van der Waals surface area contributed by atoms with Crippen LogP contribution >= 0.6 is 22.9 Å². The molecular weight excluding hydrogens is 334 g/mol. The average molecular weight is 350 g/mol. The van der Waals surface area contributed by atoms with Crippen LogP contribution in [-0.4, -0.2) is 48.1 Å². The highest BCUT2D eigenvalue weighted by Gasteiger charge is 2.34. The molecular formula is C16H16ClN3O2S. The van der Waals surface area contributed by atoms with Gasteiger partial charge in [-0.2, -0.15) is 0 Å². The van der Waals surface area contributed by atoms with Gasteiger partial charge in [0.25, 0.3) is 5.91 Å².